The zero-order chi connectivity index (χ0) is 65.5. The van der Waals surface area contributed by atoms with Crippen LogP contribution in [-0.4, -0.2) is 231 Å². The van der Waals surface area contributed by atoms with Crippen LogP contribution in [0.1, 0.15) is 151 Å². The number of carbonyl (C=O) groups is 7. The van der Waals surface area contributed by atoms with Gasteiger partial charge in [-0.15, -0.1) is 0 Å². The second-order valence-corrected chi connectivity index (χ2v) is 28.4. The Kier molecular flexibility index (Phi) is 24.2. The molecule has 10 N–H and O–H groups in total. The quantitative estimate of drug-likeness (QED) is 0.0989. The van der Waals surface area contributed by atoms with Gasteiger partial charge in [-0.2, -0.15) is 0 Å². The van der Waals surface area contributed by atoms with E-state index in [0.717, 1.165) is 4.90 Å². The number of likely N-dealkylation sites (N-methyl/N-ethyl adjacent to an activating group) is 1. The molecule has 29 nitrogen and oxygen atoms in total. The molecule has 0 spiro atoms. The van der Waals surface area contributed by atoms with Crippen LogP contribution in [0.2, 0.25) is 0 Å². The Balaban J connectivity index is 1.76. The maximum Gasteiger partial charge on any atom is 0.410 e. The van der Waals surface area contributed by atoms with Crippen LogP contribution in [0.5, 0.6) is 0 Å². The van der Waals surface area contributed by atoms with Gasteiger partial charge in [0.2, 0.25) is 6.29 Å². The number of hydrogen-bond acceptors (Lipinski definition) is 22. The summed E-state index contributed by atoms with van der Waals surface area (Å²) in [6.07, 6.45) is -15.8. The first-order chi connectivity index (χ1) is 39.1. The molecule has 4 aliphatic rings. The van der Waals surface area contributed by atoms with Crippen LogP contribution < -0.4 is 31.9 Å². The summed E-state index contributed by atoms with van der Waals surface area (Å²) in [5, 5.41) is 64.2. The molecule has 494 valence electrons. The van der Waals surface area contributed by atoms with Gasteiger partial charge in [0.25, 0.3) is 5.91 Å². The van der Waals surface area contributed by atoms with E-state index in [1.54, 1.807) is 131 Å². The van der Waals surface area contributed by atoms with Crippen LogP contribution in [-0.2, 0) is 52.2 Å². The van der Waals surface area contributed by atoms with E-state index in [9.17, 15) is 54.0 Å². The van der Waals surface area contributed by atoms with Gasteiger partial charge in [0.15, 0.2) is 6.29 Å². The van der Waals surface area contributed by atoms with Gasteiger partial charge in [0, 0.05) is 26.2 Å². The average Bonchev–Trinajstić information content (AvgIpc) is 2.24. The monoisotopic (exact) mass is 1230 g/mol. The molecule has 0 aromatic carbocycles. The molecule has 4 rings (SSSR count). The maximum atomic E-state index is 14.0. The first-order valence-electron chi connectivity index (χ1n) is 29.1. The average molecular weight is 1230 g/mol. The molecule has 0 unspecified atom stereocenters. The van der Waals surface area contributed by atoms with Gasteiger partial charge >= 0.3 is 36.6 Å². The molecule has 3 heterocycles. The van der Waals surface area contributed by atoms with Crippen LogP contribution in [0.3, 0.4) is 0 Å². The number of aliphatic hydroxyl groups is 4. The summed E-state index contributed by atoms with van der Waals surface area (Å²) in [5.41, 5.74) is -7.45. The second-order valence-electron chi connectivity index (χ2n) is 28.4. The van der Waals surface area contributed by atoms with Crippen LogP contribution >= 0.6 is 0 Å². The third kappa shape index (κ3) is 23.8. The van der Waals surface area contributed by atoms with E-state index in [2.05, 4.69) is 31.9 Å². The van der Waals surface area contributed by atoms with Gasteiger partial charge in [-0.05, 0) is 157 Å². The Hall–Kier alpha value is -5.69. The summed E-state index contributed by atoms with van der Waals surface area (Å²) >= 11 is 0. The minimum absolute atomic E-state index is 0.000804. The minimum atomic E-state index is -1.99. The lowest BCUT2D eigenvalue weighted by atomic mass is 9.82. The topological polar surface area (TPSA) is 371 Å². The third-order valence-corrected chi connectivity index (χ3v) is 12.9. The lowest BCUT2D eigenvalue weighted by Gasteiger charge is -2.50. The summed E-state index contributed by atoms with van der Waals surface area (Å²) in [5.74, 6) is -0.832. The molecule has 2 saturated heterocycles. The molecule has 0 radical (unpaired) electrons. The molecule has 1 aliphatic carbocycles. The number of rotatable bonds is 16. The molecule has 0 bridgehead atoms. The number of nitrogens with one attached hydrogen (secondary N) is 6. The molecule has 0 aromatic rings. The van der Waals surface area contributed by atoms with Crippen molar-refractivity contribution in [1.82, 2.24) is 41.7 Å². The molecule has 1 saturated carbocycles. The van der Waals surface area contributed by atoms with Crippen molar-refractivity contribution in [2.45, 2.75) is 269 Å². The predicted octanol–water partition coefficient (Wildman–Crippen LogP) is 3.50. The van der Waals surface area contributed by atoms with Crippen molar-refractivity contribution in [3.05, 3.63) is 11.8 Å². The maximum absolute atomic E-state index is 14.0. The van der Waals surface area contributed by atoms with E-state index in [1.165, 1.54) is 18.9 Å². The Morgan fingerprint density at radius 1 is 0.651 bits per heavy atom. The second kappa shape index (κ2) is 28.6. The highest BCUT2D eigenvalue weighted by Crippen LogP contribution is 2.35. The Morgan fingerprint density at radius 3 is 1.65 bits per heavy atom. The summed E-state index contributed by atoms with van der Waals surface area (Å²) < 4.78 is 58.8. The first-order valence-corrected chi connectivity index (χ1v) is 29.1. The van der Waals surface area contributed by atoms with Gasteiger partial charge in [-0.25, -0.2) is 28.8 Å². The van der Waals surface area contributed by atoms with Crippen LogP contribution in [0.25, 0.3) is 0 Å². The highest BCUT2D eigenvalue weighted by atomic mass is 16.7. The van der Waals surface area contributed by atoms with Crippen LogP contribution in [0, 0.1) is 0 Å². The van der Waals surface area contributed by atoms with Gasteiger partial charge in [0.1, 0.15) is 75.5 Å². The fourth-order valence-corrected chi connectivity index (χ4v) is 9.70. The molecule has 0 aromatic heterocycles. The zero-order valence-electron chi connectivity index (χ0n) is 53.9. The van der Waals surface area contributed by atoms with E-state index in [0.29, 0.717) is 6.42 Å². The van der Waals surface area contributed by atoms with Gasteiger partial charge in [-0.3, -0.25) is 4.79 Å². The fraction of sp³-hybridized carbons (Fsp3) is 0.842. The molecular weight excluding hydrogens is 1130 g/mol. The number of alkyl carbamates (subject to hydrolysis) is 4. The van der Waals surface area contributed by atoms with Gasteiger partial charge < -0.3 is 109 Å². The lowest BCUT2D eigenvalue weighted by Crippen LogP contribution is -2.71. The summed E-state index contributed by atoms with van der Waals surface area (Å²) in [6.45, 7) is 30.4. The smallest absolute Gasteiger partial charge is 0.410 e. The van der Waals surface area contributed by atoms with E-state index in [4.69, 9.17) is 47.4 Å². The molecule has 3 aliphatic heterocycles. The molecule has 86 heavy (non-hydrogen) atoms. The Labute approximate surface area is 505 Å². The predicted molar refractivity (Wildman–Crippen MR) is 308 cm³/mol. The number of carbonyl (C=O) groups excluding carboxylic acids is 7. The van der Waals surface area contributed by atoms with Crippen molar-refractivity contribution >= 4 is 42.5 Å². The van der Waals surface area contributed by atoms with E-state index >= 15 is 0 Å². The van der Waals surface area contributed by atoms with Crippen molar-refractivity contribution in [3.63, 3.8) is 0 Å². The number of amides is 7. The normalized spacial score (nSPS) is 28.7. The van der Waals surface area contributed by atoms with Crippen LogP contribution in [0.4, 0.5) is 28.8 Å². The Morgan fingerprint density at radius 2 is 1.13 bits per heavy atom. The molecule has 14 atom stereocenters. The van der Waals surface area contributed by atoms with Crippen molar-refractivity contribution in [3.8, 4) is 0 Å². The Bertz CT molecular complexity index is 2370. The minimum Gasteiger partial charge on any atom is -0.466 e. The SMILES string of the molecule is CN(C(=O)OC(C)(C)C)[C@@H]1[C@@H](O)[C@@H](O[C@@H]2[C@@H](O)[C@H](O[C@H]3OC(CNC[C@@H]4C[C@H](NC(=O)OC(C)(C)C)CN4C(=O)OC(C)(C)C)=CC[C@H]3NC(=O)OC(C)(C)C)[C@@H](NC(=O)OC(C)(C)C)C[C@H]2NC(=O)[C@@H](O)CNC(=O)OC(C)(C)C)OC[C@]1(C)O. The summed E-state index contributed by atoms with van der Waals surface area (Å²) in [4.78, 5) is 96.2. The number of ether oxygens (including phenoxy) is 10. The number of nitrogens with zero attached hydrogens (tertiary/aromatic N) is 2. The molecule has 3 fully saturated rings. The molecular formula is C57H100N8O21. The van der Waals surface area contributed by atoms with Crippen LogP contribution in [0.15, 0.2) is 11.8 Å². The number of hydrogen-bond donors (Lipinski definition) is 10. The van der Waals surface area contributed by atoms with Crippen molar-refractivity contribution in [1.29, 1.82) is 0 Å². The van der Waals surface area contributed by atoms with Gasteiger partial charge in [0.05, 0.1) is 49.9 Å². The van der Waals surface area contributed by atoms with Crippen molar-refractivity contribution in [2.75, 3.05) is 39.8 Å². The van der Waals surface area contributed by atoms with Gasteiger partial charge in [-0.1, -0.05) is 0 Å². The van der Waals surface area contributed by atoms with E-state index < -0.39 is 181 Å². The lowest BCUT2D eigenvalue weighted by molar-refractivity contribution is -0.311. The first kappa shape index (κ1) is 72.8. The zero-order valence-corrected chi connectivity index (χ0v) is 53.9. The summed E-state index contributed by atoms with van der Waals surface area (Å²) in [6, 6.07) is -6.33. The highest BCUT2D eigenvalue weighted by molar-refractivity contribution is 5.82. The van der Waals surface area contributed by atoms with Crippen molar-refractivity contribution < 1.29 is 101 Å². The summed E-state index contributed by atoms with van der Waals surface area (Å²) in [7, 11) is 1.29. The number of aliphatic hydroxyl groups excluding tert-OH is 3. The standard InChI is InChI=1S/C57H100N8O21/c1-51(2,3)81-45(70)59-27-36(66)42(69)61-34-24-35(63-48(73)84-54(10,11)12)40(37(67)39(34)80-44-38(68)41(57(19,76)29-77-44)64(20)49(74)85-55(13,14)15)79-43-33(62-47(72)83-53(7,8)9)22-21-32(78-43)26-58-25-31-23-30(60-46(71)82-52(4,5)6)28-65(31)50(75)86-56(16,17)18/h21,30-31,33-41,43-44,58,66-68,76H,22-29H2,1-20H3,(H,59,70)(H,60,71)(H,61,69)(H,62,72)(H,63,73)/t30-,31-,33+,34+,35-,36-,37+,38+,39-,40+,41+,43+,44+,57-/m0/s1. The number of likely N-dealkylation sites (tertiary alicyclic amines) is 1. The molecule has 29 heteroatoms. The van der Waals surface area contributed by atoms with E-state index in [-0.39, 0.29) is 31.8 Å². The van der Waals surface area contributed by atoms with E-state index in [1.807, 2.05) is 0 Å². The largest absolute Gasteiger partial charge is 0.466 e. The third-order valence-electron chi connectivity index (χ3n) is 12.9. The fourth-order valence-electron chi connectivity index (χ4n) is 9.70. The molecule has 7 amide bonds. The van der Waals surface area contributed by atoms with Crippen molar-refractivity contribution in [2.24, 2.45) is 0 Å². The highest BCUT2D eigenvalue weighted by Gasteiger charge is 2.55.